The SMILES string of the molecule is Cc1ccc(CNC(=O)c2cn(C)nc2S(=O)(=O)N2CCCCCC2)cc1. The standard InChI is InChI=1S/C19H26N4O3S/c1-15-7-9-16(10-8-15)13-20-18(24)17-14-22(2)21-19(17)27(25,26)23-11-5-3-4-6-12-23/h7-10,14H,3-6,11-13H2,1-2H3,(H,20,24). The highest BCUT2D eigenvalue weighted by atomic mass is 32.2. The zero-order valence-corrected chi connectivity index (χ0v) is 16.6. The van der Waals surface area contributed by atoms with Gasteiger partial charge >= 0.3 is 0 Å². The van der Waals surface area contributed by atoms with E-state index in [0.717, 1.165) is 36.8 Å². The van der Waals surface area contributed by atoms with Crippen LogP contribution in [0.15, 0.2) is 35.5 Å². The van der Waals surface area contributed by atoms with E-state index in [4.69, 9.17) is 0 Å². The van der Waals surface area contributed by atoms with E-state index in [2.05, 4.69) is 10.4 Å². The number of nitrogens with zero attached hydrogens (tertiary/aromatic N) is 3. The second-order valence-corrected chi connectivity index (χ2v) is 8.86. The van der Waals surface area contributed by atoms with Crippen molar-refractivity contribution in [1.82, 2.24) is 19.4 Å². The van der Waals surface area contributed by atoms with E-state index in [0.29, 0.717) is 19.6 Å². The number of nitrogens with one attached hydrogen (secondary N) is 1. The zero-order valence-electron chi connectivity index (χ0n) is 15.8. The van der Waals surface area contributed by atoms with Gasteiger partial charge in [-0.1, -0.05) is 42.7 Å². The van der Waals surface area contributed by atoms with Crippen molar-refractivity contribution in [1.29, 1.82) is 0 Å². The van der Waals surface area contributed by atoms with E-state index in [-0.39, 0.29) is 10.6 Å². The minimum Gasteiger partial charge on any atom is -0.348 e. The van der Waals surface area contributed by atoms with Crippen LogP contribution in [-0.4, -0.2) is 41.5 Å². The molecule has 1 aromatic carbocycles. The minimum atomic E-state index is -3.79. The molecule has 7 nitrogen and oxygen atoms in total. The molecule has 1 N–H and O–H groups in total. The molecule has 1 aliphatic rings. The summed E-state index contributed by atoms with van der Waals surface area (Å²) in [5, 5.41) is 6.74. The maximum absolute atomic E-state index is 13.1. The summed E-state index contributed by atoms with van der Waals surface area (Å²) in [5.74, 6) is -0.433. The Kier molecular flexibility index (Phi) is 5.96. The molecule has 2 heterocycles. The quantitative estimate of drug-likeness (QED) is 0.848. The second-order valence-electron chi connectivity index (χ2n) is 7.01. The molecule has 0 bridgehead atoms. The molecule has 1 saturated heterocycles. The first-order valence-corrected chi connectivity index (χ1v) is 10.7. The highest BCUT2D eigenvalue weighted by Crippen LogP contribution is 2.22. The number of aromatic nitrogens is 2. The molecule has 1 aliphatic heterocycles. The first kappa shape index (κ1) is 19.6. The van der Waals surface area contributed by atoms with Crippen LogP contribution < -0.4 is 5.32 Å². The number of rotatable bonds is 5. The molecule has 3 rings (SSSR count). The molecule has 1 fully saturated rings. The van der Waals surface area contributed by atoms with Gasteiger partial charge in [0.15, 0.2) is 0 Å². The Bertz CT molecular complexity index is 896. The van der Waals surface area contributed by atoms with E-state index < -0.39 is 15.9 Å². The lowest BCUT2D eigenvalue weighted by molar-refractivity contribution is 0.0947. The molecular weight excluding hydrogens is 364 g/mol. The van der Waals surface area contributed by atoms with Crippen LogP contribution in [0.1, 0.15) is 47.2 Å². The Morgan fingerprint density at radius 1 is 1.11 bits per heavy atom. The first-order chi connectivity index (χ1) is 12.9. The van der Waals surface area contributed by atoms with Crippen LogP contribution in [0, 0.1) is 6.92 Å². The van der Waals surface area contributed by atoms with Gasteiger partial charge in [0.2, 0.25) is 5.03 Å². The summed E-state index contributed by atoms with van der Waals surface area (Å²) in [6, 6.07) is 7.82. The lowest BCUT2D eigenvalue weighted by Gasteiger charge is -2.19. The molecule has 0 spiro atoms. The van der Waals surface area contributed by atoms with Crippen molar-refractivity contribution in [3.8, 4) is 0 Å². The predicted molar refractivity (Wildman–Crippen MR) is 103 cm³/mol. The van der Waals surface area contributed by atoms with Crippen molar-refractivity contribution in [2.75, 3.05) is 13.1 Å². The number of benzene rings is 1. The number of hydrogen-bond donors (Lipinski definition) is 1. The molecule has 146 valence electrons. The summed E-state index contributed by atoms with van der Waals surface area (Å²) >= 11 is 0. The number of hydrogen-bond acceptors (Lipinski definition) is 4. The van der Waals surface area contributed by atoms with E-state index in [1.165, 1.54) is 15.2 Å². The predicted octanol–water partition coefficient (Wildman–Crippen LogP) is 2.22. The monoisotopic (exact) mass is 390 g/mol. The van der Waals surface area contributed by atoms with E-state index in [9.17, 15) is 13.2 Å². The molecule has 1 amide bonds. The molecule has 0 saturated carbocycles. The minimum absolute atomic E-state index is 0.0915. The lowest BCUT2D eigenvalue weighted by Crippen LogP contribution is -2.34. The molecule has 27 heavy (non-hydrogen) atoms. The second kappa shape index (κ2) is 8.22. The van der Waals surface area contributed by atoms with Gasteiger partial charge in [0.05, 0.1) is 5.56 Å². The molecule has 0 unspecified atom stereocenters. The molecule has 8 heteroatoms. The maximum atomic E-state index is 13.1. The summed E-state index contributed by atoms with van der Waals surface area (Å²) in [4.78, 5) is 12.7. The highest BCUT2D eigenvalue weighted by molar-refractivity contribution is 7.89. The number of sulfonamides is 1. The highest BCUT2D eigenvalue weighted by Gasteiger charge is 2.32. The molecule has 0 radical (unpaired) electrons. The van der Waals surface area contributed by atoms with Crippen LogP contribution in [0.25, 0.3) is 0 Å². The Balaban J connectivity index is 1.80. The van der Waals surface area contributed by atoms with Gasteiger partial charge in [0.1, 0.15) is 0 Å². The third-order valence-electron chi connectivity index (χ3n) is 4.76. The fourth-order valence-corrected chi connectivity index (χ4v) is 4.84. The van der Waals surface area contributed by atoms with Gasteiger partial charge in [0, 0.05) is 32.9 Å². The zero-order chi connectivity index (χ0) is 19.4. The van der Waals surface area contributed by atoms with Crippen LogP contribution >= 0.6 is 0 Å². The van der Waals surface area contributed by atoms with Crippen LogP contribution in [0.5, 0.6) is 0 Å². The third kappa shape index (κ3) is 4.56. The number of aryl methyl sites for hydroxylation is 2. The smallest absolute Gasteiger partial charge is 0.263 e. The molecule has 2 aromatic rings. The van der Waals surface area contributed by atoms with E-state index in [1.807, 2.05) is 31.2 Å². The van der Waals surface area contributed by atoms with Crippen LogP contribution in [0.2, 0.25) is 0 Å². The summed E-state index contributed by atoms with van der Waals surface area (Å²) < 4.78 is 29.0. The van der Waals surface area contributed by atoms with Crippen molar-refractivity contribution >= 4 is 15.9 Å². The fraction of sp³-hybridized carbons (Fsp3) is 0.474. The summed E-state index contributed by atoms with van der Waals surface area (Å²) in [6.45, 7) is 3.28. The Labute approximate surface area is 160 Å². The van der Waals surface area contributed by atoms with Crippen molar-refractivity contribution in [3.63, 3.8) is 0 Å². The van der Waals surface area contributed by atoms with Crippen molar-refractivity contribution in [3.05, 3.63) is 47.2 Å². The fourth-order valence-electron chi connectivity index (χ4n) is 3.20. The summed E-state index contributed by atoms with van der Waals surface area (Å²) in [6.07, 6.45) is 5.19. The van der Waals surface area contributed by atoms with Crippen LogP contribution in [0.4, 0.5) is 0 Å². The molecular formula is C19H26N4O3S. The average molecular weight is 391 g/mol. The van der Waals surface area contributed by atoms with Gasteiger partial charge in [-0.2, -0.15) is 9.40 Å². The van der Waals surface area contributed by atoms with Crippen molar-refractivity contribution in [2.24, 2.45) is 7.05 Å². The molecule has 0 aliphatic carbocycles. The normalized spacial score (nSPS) is 16.1. The third-order valence-corrected chi connectivity index (χ3v) is 6.60. The van der Waals surface area contributed by atoms with Crippen molar-refractivity contribution < 1.29 is 13.2 Å². The first-order valence-electron chi connectivity index (χ1n) is 9.25. The van der Waals surface area contributed by atoms with Gasteiger partial charge < -0.3 is 5.32 Å². The van der Waals surface area contributed by atoms with Crippen LogP contribution in [0.3, 0.4) is 0 Å². The Hall–Kier alpha value is -2.19. The van der Waals surface area contributed by atoms with E-state index in [1.54, 1.807) is 7.05 Å². The largest absolute Gasteiger partial charge is 0.348 e. The Morgan fingerprint density at radius 2 is 1.74 bits per heavy atom. The average Bonchev–Trinajstić information content (AvgIpc) is 2.86. The van der Waals surface area contributed by atoms with Crippen LogP contribution in [-0.2, 0) is 23.6 Å². The maximum Gasteiger partial charge on any atom is 0.263 e. The van der Waals surface area contributed by atoms with Gasteiger partial charge in [-0.25, -0.2) is 8.42 Å². The van der Waals surface area contributed by atoms with Gasteiger partial charge in [-0.15, -0.1) is 0 Å². The van der Waals surface area contributed by atoms with Gasteiger partial charge in [0.25, 0.3) is 15.9 Å². The lowest BCUT2D eigenvalue weighted by atomic mass is 10.1. The van der Waals surface area contributed by atoms with Crippen molar-refractivity contribution in [2.45, 2.75) is 44.2 Å². The summed E-state index contributed by atoms with van der Waals surface area (Å²) in [7, 11) is -2.17. The Morgan fingerprint density at radius 3 is 2.37 bits per heavy atom. The summed E-state index contributed by atoms with van der Waals surface area (Å²) in [5.41, 5.74) is 2.19. The topological polar surface area (TPSA) is 84.3 Å². The van der Waals surface area contributed by atoms with Gasteiger partial charge in [-0.3, -0.25) is 9.48 Å². The molecule has 1 aromatic heterocycles. The number of carbonyl (C=O) groups is 1. The molecule has 0 atom stereocenters. The number of carbonyl (C=O) groups excluding carboxylic acids is 1. The van der Waals surface area contributed by atoms with Gasteiger partial charge in [-0.05, 0) is 25.3 Å². The number of amides is 1. The van der Waals surface area contributed by atoms with E-state index >= 15 is 0 Å².